The highest BCUT2D eigenvalue weighted by atomic mass is 28.4. The van der Waals surface area contributed by atoms with E-state index in [2.05, 4.69) is 41.5 Å². The topological polar surface area (TPSA) is 38.7 Å². The second-order valence-electron chi connectivity index (χ2n) is 6.38. The molecule has 0 unspecified atom stereocenters. The summed E-state index contributed by atoms with van der Waals surface area (Å²) in [6, 6.07) is 0. The van der Waals surface area contributed by atoms with Gasteiger partial charge in [0.2, 0.25) is 8.32 Å². The van der Waals surface area contributed by atoms with Crippen LogP contribution in [0.3, 0.4) is 0 Å². The Kier molecular flexibility index (Phi) is 9.16. The fourth-order valence-electron chi connectivity index (χ4n) is 3.38. The molecule has 0 radical (unpaired) electrons. The van der Waals surface area contributed by atoms with E-state index in [1.165, 1.54) is 0 Å². The van der Waals surface area contributed by atoms with Crippen LogP contribution in [-0.4, -0.2) is 39.9 Å². The van der Waals surface area contributed by atoms with Crippen molar-refractivity contribution in [3.63, 3.8) is 0 Å². The first-order valence-electron chi connectivity index (χ1n) is 7.60. The Bertz CT molecular complexity index is 208. The molecule has 0 saturated heterocycles. The van der Waals surface area contributed by atoms with Crippen LogP contribution in [0.1, 0.15) is 54.4 Å². The van der Waals surface area contributed by atoms with E-state index < -0.39 is 8.32 Å². The lowest BCUT2D eigenvalue weighted by Gasteiger charge is -2.44. The van der Waals surface area contributed by atoms with Gasteiger partial charge in [-0.25, -0.2) is 0 Å². The van der Waals surface area contributed by atoms with Gasteiger partial charge in [-0.1, -0.05) is 41.5 Å². The van der Waals surface area contributed by atoms with Crippen molar-refractivity contribution in [2.24, 2.45) is 0 Å². The van der Waals surface area contributed by atoms with Gasteiger partial charge in [-0.05, 0) is 29.5 Å². The minimum Gasteiger partial charge on any atom is -0.411 e. The Morgan fingerprint density at radius 2 is 1.42 bits per heavy atom. The SMILES string of the molecule is COC[C@@H](CCCO)O[Si](C(C)C)(C(C)C)C(C)C. The molecule has 1 atom stereocenters. The predicted molar refractivity (Wildman–Crippen MR) is 84.1 cm³/mol. The van der Waals surface area contributed by atoms with Gasteiger partial charge in [0, 0.05) is 13.7 Å². The molecule has 116 valence electrons. The second-order valence-corrected chi connectivity index (χ2v) is 11.8. The zero-order valence-electron chi connectivity index (χ0n) is 13.9. The first-order chi connectivity index (χ1) is 8.82. The molecule has 0 aliphatic carbocycles. The van der Waals surface area contributed by atoms with Crippen LogP contribution in [0.5, 0.6) is 0 Å². The van der Waals surface area contributed by atoms with Gasteiger partial charge in [-0.3, -0.25) is 0 Å². The number of aliphatic hydroxyl groups is 1. The fraction of sp³-hybridized carbons (Fsp3) is 1.00. The molecular formula is C15H34O3Si. The summed E-state index contributed by atoms with van der Waals surface area (Å²) in [6.45, 7) is 14.6. The van der Waals surface area contributed by atoms with E-state index in [0.29, 0.717) is 23.2 Å². The van der Waals surface area contributed by atoms with Crippen molar-refractivity contribution in [2.45, 2.75) is 77.1 Å². The van der Waals surface area contributed by atoms with Crippen LogP contribution >= 0.6 is 0 Å². The van der Waals surface area contributed by atoms with E-state index in [9.17, 15) is 0 Å². The number of hydrogen-bond acceptors (Lipinski definition) is 3. The quantitative estimate of drug-likeness (QED) is 0.619. The summed E-state index contributed by atoms with van der Waals surface area (Å²) in [5.74, 6) is 0. The number of ether oxygens (including phenoxy) is 1. The first-order valence-corrected chi connectivity index (χ1v) is 9.74. The first kappa shape index (κ1) is 19.1. The van der Waals surface area contributed by atoms with Gasteiger partial charge >= 0.3 is 0 Å². The molecule has 0 aromatic carbocycles. The Labute approximate surface area is 120 Å². The van der Waals surface area contributed by atoms with E-state index in [4.69, 9.17) is 14.3 Å². The van der Waals surface area contributed by atoms with Gasteiger partial charge in [0.15, 0.2) is 0 Å². The van der Waals surface area contributed by atoms with Crippen molar-refractivity contribution in [3.05, 3.63) is 0 Å². The van der Waals surface area contributed by atoms with Crippen molar-refractivity contribution in [3.8, 4) is 0 Å². The summed E-state index contributed by atoms with van der Waals surface area (Å²) in [7, 11) is -0.119. The maximum Gasteiger partial charge on any atom is 0.200 e. The largest absolute Gasteiger partial charge is 0.411 e. The van der Waals surface area contributed by atoms with Gasteiger partial charge in [0.05, 0.1) is 12.7 Å². The molecule has 0 rings (SSSR count). The highest BCUT2D eigenvalue weighted by Crippen LogP contribution is 2.43. The zero-order valence-corrected chi connectivity index (χ0v) is 14.9. The predicted octanol–water partition coefficient (Wildman–Crippen LogP) is 3.97. The number of hydrogen-bond donors (Lipinski definition) is 1. The number of aliphatic hydroxyl groups excluding tert-OH is 1. The van der Waals surface area contributed by atoms with Crippen LogP contribution in [0.15, 0.2) is 0 Å². The standard InChI is InChI=1S/C15H34O3Si/c1-12(2)19(13(3)4,14(5)6)18-15(11-17-7)9-8-10-16/h12-16H,8-11H2,1-7H3/t15-/m1/s1. The van der Waals surface area contributed by atoms with Gasteiger partial charge in [0.25, 0.3) is 0 Å². The molecule has 0 spiro atoms. The Hall–Kier alpha value is 0.0969. The summed E-state index contributed by atoms with van der Waals surface area (Å²) < 4.78 is 12.0. The van der Waals surface area contributed by atoms with Crippen molar-refractivity contribution < 1.29 is 14.3 Å². The Morgan fingerprint density at radius 3 is 1.74 bits per heavy atom. The minimum atomic E-state index is -1.84. The molecule has 4 heteroatoms. The van der Waals surface area contributed by atoms with E-state index in [1.807, 2.05) is 0 Å². The highest BCUT2D eigenvalue weighted by molar-refractivity contribution is 6.77. The fourth-order valence-corrected chi connectivity index (χ4v) is 8.96. The lowest BCUT2D eigenvalue weighted by atomic mass is 10.2. The lowest BCUT2D eigenvalue weighted by Crippen LogP contribution is -2.51. The third-order valence-electron chi connectivity index (χ3n) is 4.11. The van der Waals surface area contributed by atoms with Gasteiger partial charge < -0.3 is 14.3 Å². The number of rotatable bonds is 10. The molecule has 0 fully saturated rings. The Morgan fingerprint density at radius 1 is 0.947 bits per heavy atom. The molecule has 0 saturated carbocycles. The lowest BCUT2D eigenvalue weighted by molar-refractivity contribution is 0.0588. The number of methoxy groups -OCH3 is 1. The molecule has 3 nitrogen and oxygen atoms in total. The average Bonchev–Trinajstić information content (AvgIpc) is 2.31. The van der Waals surface area contributed by atoms with Crippen molar-refractivity contribution >= 4 is 8.32 Å². The van der Waals surface area contributed by atoms with Crippen LogP contribution in [0, 0.1) is 0 Å². The molecular weight excluding hydrogens is 256 g/mol. The maximum absolute atomic E-state index is 9.02. The average molecular weight is 291 g/mol. The molecule has 0 amide bonds. The molecule has 0 aromatic rings. The molecule has 0 bridgehead atoms. The summed E-state index contributed by atoms with van der Waals surface area (Å²) in [6.07, 6.45) is 1.79. The van der Waals surface area contributed by atoms with E-state index in [0.717, 1.165) is 12.8 Å². The second kappa shape index (κ2) is 9.11. The van der Waals surface area contributed by atoms with Crippen LogP contribution in [0.4, 0.5) is 0 Å². The van der Waals surface area contributed by atoms with Gasteiger partial charge in [0.1, 0.15) is 0 Å². The van der Waals surface area contributed by atoms with E-state index in [-0.39, 0.29) is 12.7 Å². The third-order valence-corrected chi connectivity index (χ3v) is 10.3. The van der Waals surface area contributed by atoms with Crippen LogP contribution in [0.25, 0.3) is 0 Å². The highest BCUT2D eigenvalue weighted by Gasteiger charge is 2.46. The molecule has 0 heterocycles. The van der Waals surface area contributed by atoms with Crippen molar-refractivity contribution in [1.82, 2.24) is 0 Å². The van der Waals surface area contributed by atoms with E-state index >= 15 is 0 Å². The summed E-state index contributed by atoms with van der Waals surface area (Å²) in [4.78, 5) is 0. The maximum atomic E-state index is 9.02. The van der Waals surface area contributed by atoms with Gasteiger partial charge in [-0.2, -0.15) is 0 Å². The summed E-state index contributed by atoms with van der Waals surface area (Å²) in [5.41, 5.74) is 1.75. The Balaban J connectivity index is 5.03. The normalized spacial score (nSPS) is 14.7. The zero-order chi connectivity index (χ0) is 15.1. The third kappa shape index (κ3) is 5.18. The minimum absolute atomic E-state index is 0.121. The van der Waals surface area contributed by atoms with Crippen LogP contribution in [-0.2, 0) is 9.16 Å². The monoisotopic (exact) mass is 290 g/mol. The smallest absolute Gasteiger partial charge is 0.200 e. The molecule has 0 aliphatic heterocycles. The molecule has 1 N–H and O–H groups in total. The van der Waals surface area contributed by atoms with Crippen LogP contribution in [0.2, 0.25) is 16.6 Å². The van der Waals surface area contributed by atoms with E-state index in [1.54, 1.807) is 7.11 Å². The summed E-state index contributed by atoms with van der Waals surface area (Å²) >= 11 is 0. The van der Waals surface area contributed by atoms with Crippen molar-refractivity contribution in [1.29, 1.82) is 0 Å². The van der Waals surface area contributed by atoms with Crippen molar-refractivity contribution in [2.75, 3.05) is 20.3 Å². The molecule has 0 aromatic heterocycles. The molecule has 19 heavy (non-hydrogen) atoms. The van der Waals surface area contributed by atoms with Crippen LogP contribution < -0.4 is 0 Å². The van der Waals surface area contributed by atoms with Gasteiger partial charge in [-0.15, -0.1) is 0 Å². The summed E-state index contributed by atoms with van der Waals surface area (Å²) in [5, 5.41) is 9.02. The molecule has 0 aliphatic rings.